The maximum absolute atomic E-state index is 6.02. The summed E-state index contributed by atoms with van der Waals surface area (Å²) >= 11 is 0. The first-order chi connectivity index (χ1) is 7.68. The Hall–Kier alpha value is -0.120. The van der Waals surface area contributed by atoms with Gasteiger partial charge in [0.15, 0.2) is 0 Å². The molecule has 0 saturated carbocycles. The van der Waals surface area contributed by atoms with Crippen LogP contribution in [0.5, 0.6) is 0 Å². The van der Waals surface area contributed by atoms with Crippen LogP contribution < -0.4 is 5.73 Å². The number of rotatable bonds is 3. The molecule has 0 radical (unpaired) electrons. The van der Waals surface area contributed by atoms with Gasteiger partial charge in [-0.15, -0.1) is 0 Å². The third kappa shape index (κ3) is 2.27. The molecule has 16 heavy (non-hydrogen) atoms. The predicted molar refractivity (Wildman–Crippen MR) is 66.4 cm³/mol. The van der Waals surface area contributed by atoms with Crippen molar-refractivity contribution in [2.45, 2.75) is 38.6 Å². The molecule has 0 aromatic rings. The number of ether oxygens (including phenoxy) is 1. The van der Waals surface area contributed by atoms with Gasteiger partial charge in [0.2, 0.25) is 0 Å². The first-order valence-corrected chi connectivity index (χ1v) is 6.71. The summed E-state index contributed by atoms with van der Waals surface area (Å²) in [5.41, 5.74) is 6.17. The van der Waals surface area contributed by atoms with Crippen LogP contribution in [0.15, 0.2) is 0 Å². The highest BCUT2D eigenvalue weighted by Gasteiger charge is 2.41. The standard InChI is InChI=1S/C13H26N2O/c1-11(2)12-4-6-15(8-12)13(9-14)5-3-7-16-10-13/h11-12H,3-10,14H2,1-2H3. The second-order valence-electron chi connectivity index (χ2n) is 5.82. The van der Waals surface area contributed by atoms with Gasteiger partial charge in [-0.1, -0.05) is 13.8 Å². The average molecular weight is 226 g/mol. The average Bonchev–Trinajstić information content (AvgIpc) is 2.80. The molecule has 2 saturated heterocycles. The van der Waals surface area contributed by atoms with Gasteiger partial charge >= 0.3 is 0 Å². The van der Waals surface area contributed by atoms with Crippen LogP contribution in [0.3, 0.4) is 0 Å². The highest BCUT2D eigenvalue weighted by atomic mass is 16.5. The van der Waals surface area contributed by atoms with E-state index >= 15 is 0 Å². The maximum atomic E-state index is 6.02. The molecule has 0 aromatic heterocycles. The first kappa shape index (κ1) is 12.3. The minimum Gasteiger partial charge on any atom is -0.379 e. The van der Waals surface area contributed by atoms with E-state index in [0.29, 0.717) is 0 Å². The van der Waals surface area contributed by atoms with Crippen LogP contribution in [0, 0.1) is 11.8 Å². The monoisotopic (exact) mass is 226 g/mol. The van der Waals surface area contributed by atoms with Gasteiger partial charge in [0, 0.05) is 19.7 Å². The molecule has 2 aliphatic rings. The number of hydrogen-bond donors (Lipinski definition) is 1. The van der Waals surface area contributed by atoms with Gasteiger partial charge in [-0.3, -0.25) is 4.90 Å². The molecule has 0 aliphatic carbocycles. The van der Waals surface area contributed by atoms with E-state index < -0.39 is 0 Å². The molecule has 2 aliphatic heterocycles. The molecule has 2 unspecified atom stereocenters. The molecular formula is C13H26N2O. The molecule has 0 bridgehead atoms. The topological polar surface area (TPSA) is 38.5 Å². The zero-order valence-electron chi connectivity index (χ0n) is 10.7. The van der Waals surface area contributed by atoms with Gasteiger partial charge in [0.1, 0.15) is 0 Å². The Balaban J connectivity index is 2.00. The van der Waals surface area contributed by atoms with Crippen molar-refractivity contribution >= 4 is 0 Å². The summed E-state index contributed by atoms with van der Waals surface area (Å²) in [6.07, 6.45) is 3.72. The summed E-state index contributed by atoms with van der Waals surface area (Å²) in [5, 5.41) is 0. The molecule has 3 nitrogen and oxygen atoms in total. The minimum atomic E-state index is 0.155. The molecule has 3 heteroatoms. The van der Waals surface area contributed by atoms with Crippen molar-refractivity contribution in [3.05, 3.63) is 0 Å². The van der Waals surface area contributed by atoms with Gasteiger partial charge in [0.05, 0.1) is 12.1 Å². The molecular weight excluding hydrogens is 200 g/mol. The number of hydrogen-bond acceptors (Lipinski definition) is 3. The molecule has 2 heterocycles. The van der Waals surface area contributed by atoms with Crippen LogP contribution in [0.1, 0.15) is 33.1 Å². The molecule has 2 atom stereocenters. The summed E-state index contributed by atoms with van der Waals surface area (Å²) in [4.78, 5) is 2.61. The van der Waals surface area contributed by atoms with Crippen molar-refractivity contribution in [2.24, 2.45) is 17.6 Å². The normalized spacial score (nSPS) is 37.1. The van der Waals surface area contributed by atoms with Gasteiger partial charge < -0.3 is 10.5 Å². The second kappa shape index (κ2) is 5.03. The Morgan fingerprint density at radius 3 is 2.81 bits per heavy atom. The summed E-state index contributed by atoms with van der Waals surface area (Å²) in [6.45, 7) is 9.61. The molecule has 2 rings (SSSR count). The zero-order chi connectivity index (χ0) is 11.6. The van der Waals surface area contributed by atoms with Crippen LogP contribution in [-0.2, 0) is 4.74 Å². The van der Waals surface area contributed by atoms with Crippen molar-refractivity contribution in [1.29, 1.82) is 0 Å². The third-order valence-electron chi connectivity index (χ3n) is 4.52. The van der Waals surface area contributed by atoms with Crippen LogP contribution >= 0.6 is 0 Å². The number of likely N-dealkylation sites (tertiary alicyclic amines) is 1. The van der Waals surface area contributed by atoms with E-state index in [1.165, 1.54) is 32.4 Å². The lowest BCUT2D eigenvalue weighted by Crippen LogP contribution is -2.58. The molecule has 0 amide bonds. The smallest absolute Gasteiger partial charge is 0.0662 e. The third-order valence-corrected chi connectivity index (χ3v) is 4.52. The SMILES string of the molecule is CC(C)C1CCN(C2(CN)CCCOC2)C1. The minimum absolute atomic E-state index is 0.155. The first-order valence-electron chi connectivity index (χ1n) is 6.71. The highest BCUT2D eigenvalue weighted by molar-refractivity contribution is 4.97. The zero-order valence-corrected chi connectivity index (χ0v) is 10.7. The summed E-state index contributed by atoms with van der Waals surface area (Å²) in [5.74, 6) is 1.65. The Labute approximate surface area is 99.3 Å². The van der Waals surface area contributed by atoms with E-state index in [2.05, 4.69) is 18.7 Å². The fourth-order valence-corrected chi connectivity index (χ4v) is 3.14. The Morgan fingerprint density at radius 1 is 1.50 bits per heavy atom. The fourth-order valence-electron chi connectivity index (χ4n) is 3.14. The lowest BCUT2D eigenvalue weighted by molar-refractivity contribution is -0.0373. The molecule has 94 valence electrons. The van der Waals surface area contributed by atoms with Crippen LogP contribution in [0.2, 0.25) is 0 Å². The van der Waals surface area contributed by atoms with Crippen molar-refractivity contribution in [3.63, 3.8) is 0 Å². The van der Waals surface area contributed by atoms with Crippen molar-refractivity contribution in [1.82, 2.24) is 4.90 Å². The van der Waals surface area contributed by atoms with Crippen molar-refractivity contribution in [3.8, 4) is 0 Å². The number of nitrogens with two attached hydrogens (primary N) is 1. The molecule has 0 spiro atoms. The Morgan fingerprint density at radius 2 is 2.31 bits per heavy atom. The molecule has 2 fully saturated rings. The molecule has 0 aromatic carbocycles. The van der Waals surface area contributed by atoms with Gasteiger partial charge in [-0.2, -0.15) is 0 Å². The van der Waals surface area contributed by atoms with Crippen molar-refractivity contribution < 1.29 is 4.74 Å². The Kier molecular flexibility index (Phi) is 3.88. The van der Waals surface area contributed by atoms with Crippen LogP contribution in [0.25, 0.3) is 0 Å². The summed E-state index contributed by atoms with van der Waals surface area (Å²) in [6, 6.07) is 0. The van der Waals surface area contributed by atoms with Gasteiger partial charge in [0.25, 0.3) is 0 Å². The van der Waals surface area contributed by atoms with E-state index in [1.807, 2.05) is 0 Å². The second-order valence-corrected chi connectivity index (χ2v) is 5.82. The largest absolute Gasteiger partial charge is 0.379 e. The lowest BCUT2D eigenvalue weighted by atomic mass is 9.90. The van der Waals surface area contributed by atoms with E-state index in [0.717, 1.165) is 31.6 Å². The number of nitrogens with zero attached hydrogens (tertiary/aromatic N) is 1. The lowest BCUT2D eigenvalue weighted by Gasteiger charge is -2.43. The van der Waals surface area contributed by atoms with E-state index in [9.17, 15) is 0 Å². The van der Waals surface area contributed by atoms with Crippen LogP contribution in [-0.4, -0.2) is 43.3 Å². The maximum Gasteiger partial charge on any atom is 0.0662 e. The quantitative estimate of drug-likeness (QED) is 0.792. The Bertz CT molecular complexity index is 224. The summed E-state index contributed by atoms with van der Waals surface area (Å²) < 4.78 is 5.66. The fraction of sp³-hybridized carbons (Fsp3) is 1.00. The van der Waals surface area contributed by atoms with Gasteiger partial charge in [-0.05, 0) is 37.6 Å². The van der Waals surface area contributed by atoms with E-state index in [1.54, 1.807) is 0 Å². The predicted octanol–water partition coefficient (Wildman–Crippen LogP) is 1.47. The summed E-state index contributed by atoms with van der Waals surface area (Å²) in [7, 11) is 0. The van der Waals surface area contributed by atoms with E-state index in [-0.39, 0.29) is 5.54 Å². The highest BCUT2D eigenvalue weighted by Crippen LogP contribution is 2.33. The van der Waals surface area contributed by atoms with E-state index in [4.69, 9.17) is 10.5 Å². The van der Waals surface area contributed by atoms with Gasteiger partial charge in [-0.25, -0.2) is 0 Å². The van der Waals surface area contributed by atoms with Crippen molar-refractivity contribution in [2.75, 3.05) is 32.8 Å². The van der Waals surface area contributed by atoms with Crippen LogP contribution in [0.4, 0.5) is 0 Å². The molecule has 2 N–H and O–H groups in total.